The first kappa shape index (κ1) is 18.8. The van der Waals surface area contributed by atoms with E-state index in [0.29, 0.717) is 0 Å². The molecule has 0 aliphatic carbocycles. The largest absolute Gasteiger partial charge is 0.481 e. The zero-order valence-electron chi connectivity index (χ0n) is 10.1. The van der Waals surface area contributed by atoms with Crippen molar-refractivity contribution in [3.63, 3.8) is 0 Å². The van der Waals surface area contributed by atoms with Crippen LogP contribution in [-0.4, -0.2) is 16.9 Å². The molecule has 0 saturated heterocycles. The van der Waals surface area contributed by atoms with Crippen LogP contribution in [0.1, 0.15) is 60.3 Å². The molecule has 14 heavy (non-hydrogen) atoms. The Morgan fingerprint density at radius 3 is 1.14 bits per heavy atom. The highest BCUT2D eigenvalue weighted by Crippen LogP contribution is 1.95. The van der Waals surface area contributed by atoms with Crippen molar-refractivity contribution in [1.29, 1.82) is 0 Å². The van der Waals surface area contributed by atoms with E-state index in [4.69, 9.17) is 9.90 Å². The number of hydrogen-bond donors (Lipinski definition) is 1. The number of Topliss-reactive ketones (excluding diaryl/α,β-unsaturated/α-hetero) is 1. The molecule has 86 valence electrons. The van der Waals surface area contributed by atoms with Crippen LogP contribution in [0.4, 0.5) is 0 Å². The maximum Gasteiger partial charge on any atom is 0.300 e. The van der Waals surface area contributed by atoms with Crippen LogP contribution < -0.4 is 0 Å². The Labute approximate surface area is 87.5 Å². The molecule has 0 saturated carbocycles. The number of carboxylic acids is 1. The minimum atomic E-state index is -0.833. The molecule has 0 atom stereocenters. The van der Waals surface area contributed by atoms with E-state index >= 15 is 0 Å². The van der Waals surface area contributed by atoms with Gasteiger partial charge in [-0.1, -0.05) is 39.5 Å². The number of rotatable bonds is 3. The average molecular weight is 204 g/mol. The third-order valence-corrected chi connectivity index (χ3v) is 0.957. The monoisotopic (exact) mass is 204 g/mol. The average Bonchev–Trinajstić information content (AvgIpc) is 1.98. The minimum Gasteiger partial charge on any atom is -0.481 e. The predicted molar refractivity (Wildman–Crippen MR) is 59.5 cm³/mol. The molecular formula is C11H24O3. The normalized spacial score (nSPS) is 7.50. The lowest BCUT2D eigenvalue weighted by Crippen LogP contribution is -1.78. The Bertz CT molecular complexity index is 106. The zero-order valence-corrected chi connectivity index (χ0v) is 10.1. The van der Waals surface area contributed by atoms with Crippen molar-refractivity contribution in [2.75, 3.05) is 0 Å². The molecule has 0 unspecified atom stereocenters. The molecular weight excluding hydrogens is 180 g/mol. The van der Waals surface area contributed by atoms with Crippen LogP contribution in [0.3, 0.4) is 0 Å². The van der Waals surface area contributed by atoms with Crippen molar-refractivity contribution < 1.29 is 14.7 Å². The molecule has 0 amide bonds. The Hall–Kier alpha value is -0.860. The number of hydrogen-bond acceptors (Lipinski definition) is 2. The molecule has 0 aliphatic heterocycles. The van der Waals surface area contributed by atoms with Gasteiger partial charge in [0.1, 0.15) is 5.78 Å². The first-order chi connectivity index (χ1) is 6.38. The van der Waals surface area contributed by atoms with E-state index < -0.39 is 5.97 Å². The second-order valence-electron chi connectivity index (χ2n) is 3.13. The summed E-state index contributed by atoms with van der Waals surface area (Å²) in [6, 6.07) is 0. The van der Waals surface area contributed by atoms with E-state index in [0.717, 1.165) is 6.92 Å². The van der Waals surface area contributed by atoms with Crippen molar-refractivity contribution >= 4 is 11.8 Å². The van der Waals surface area contributed by atoms with Gasteiger partial charge < -0.3 is 9.90 Å². The highest BCUT2D eigenvalue weighted by atomic mass is 16.4. The molecule has 0 spiro atoms. The van der Waals surface area contributed by atoms with Gasteiger partial charge in [-0.2, -0.15) is 0 Å². The van der Waals surface area contributed by atoms with Crippen LogP contribution in [0, 0.1) is 0 Å². The van der Waals surface area contributed by atoms with Gasteiger partial charge >= 0.3 is 0 Å². The van der Waals surface area contributed by atoms with Crippen LogP contribution in [0.25, 0.3) is 0 Å². The van der Waals surface area contributed by atoms with Crippen LogP contribution >= 0.6 is 0 Å². The number of aliphatic carboxylic acids is 1. The van der Waals surface area contributed by atoms with E-state index in [1.54, 1.807) is 0 Å². The molecule has 0 rings (SSSR count). The fourth-order valence-electron chi connectivity index (χ4n) is 0.500. The van der Waals surface area contributed by atoms with Crippen molar-refractivity contribution in [2.45, 2.75) is 60.3 Å². The number of ketones is 1. The Balaban J connectivity index is -0.000000135. The van der Waals surface area contributed by atoms with Gasteiger partial charge in [-0.15, -0.1) is 0 Å². The van der Waals surface area contributed by atoms with Gasteiger partial charge in [-0.25, -0.2) is 0 Å². The van der Waals surface area contributed by atoms with E-state index in [-0.39, 0.29) is 5.78 Å². The highest BCUT2D eigenvalue weighted by molar-refractivity contribution is 5.72. The van der Waals surface area contributed by atoms with Crippen LogP contribution in [0.5, 0.6) is 0 Å². The third kappa shape index (κ3) is 250. The molecule has 0 radical (unpaired) electrons. The van der Waals surface area contributed by atoms with Crippen molar-refractivity contribution in [2.24, 2.45) is 0 Å². The lowest BCUT2D eigenvalue weighted by molar-refractivity contribution is -0.134. The maximum absolute atomic E-state index is 9.44. The SMILES string of the molecule is CC(=O)O.CC(C)=O.CCCCCC. The summed E-state index contributed by atoms with van der Waals surface area (Å²) >= 11 is 0. The molecule has 0 bridgehead atoms. The smallest absolute Gasteiger partial charge is 0.300 e. The first-order valence-electron chi connectivity index (χ1n) is 5.05. The first-order valence-corrected chi connectivity index (χ1v) is 5.05. The Morgan fingerprint density at radius 1 is 0.929 bits per heavy atom. The number of carbonyl (C=O) groups is 2. The molecule has 0 aliphatic rings. The number of carboxylic acid groups (broad SMARTS) is 1. The topological polar surface area (TPSA) is 54.4 Å². The third-order valence-electron chi connectivity index (χ3n) is 0.957. The van der Waals surface area contributed by atoms with E-state index in [9.17, 15) is 4.79 Å². The summed E-state index contributed by atoms with van der Waals surface area (Å²) in [5.41, 5.74) is 0. The summed E-state index contributed by atoms with van der Waals surface area (Å²) in [5.74, 6) is -0.667. The van der Waals surface area contributed by atoms with Gasteiger partial charge in [0, 0.05) is 6.92 Å². The van der Waals surface area contributed by atoms with Gasteiger partial charge in [0.15, 0.2) is 0 Å². The van der Waals surface area contributed by atoms with Gasteiger partial charge in [0.25, 0.3) is 5.97 Å². The molecule has 1 N–H and O–H groups in total. The summed E-state index contributed by atoms with van der Waals surface area (Å²) in [4.78, 5) is 18.4. The van der Waals surface area contributed by atoms with Crippen molar-refractivity contribution in [1.82, 2.24) is 0 Å². The van der Waals surface area contributed by atoms with Crippen molar-refractivity contribution in [3.8, 4) is 0 Å². The number of unbranched alkanes of at least 4 members (excludes halogenated alkanes) is 3. The van der Waals surface area contributed by atoms with Gasteiger partial charge in [0.2, 0.25) is 0 Å². The summed E-state index contributed by atoms with van der Waals surface area (Å²) in [7, 11) is 0. The van der Waals surface area contributed by atoms with E-state index in [2.05, 4.69) is 13.8 Å². The standard InChI is InChI=1S/C6H14.C3H6O.C2H4O2/c1-3-5-6-4-2;1-3(2)4;1-2(3)4/h3-6H2,1-2H3;1-2H3;1H3,(H,3,4). The summed E-state index contributed by atoms with van der Waals surface area (Å²) in [6.07, 6.45) is 5.54. The molecule has 0 aromatic carbocycles. The Morgan fingerprint density at radius 2 is 1.07 bits per heavy atom. The lowest BCUT2D eigenvalue weighted by Gasteiger charge is -1.86. The van der Waals surface area contributed by atoms with Gasteiger partial charge in [0.05, 0.1) is 0 Å². The van der Waals surface area contributed by atoms with Crippen LogP contribution in [0.2, 0.25) is 0 Å². The maximum atomic E-state index is 9.44. The highest BCUT2D eigenvalue weighted by Gasteiger charge is 1.75. The zero-order chi connectivity index (χ0) is 12.0. The molecule has 3 heteroatoms. The quantitative estimate of drug-likeness (QED) is 0.718. The second kappa shape index (κ2) is 18.0. The van der Waals surface area contributed by atoms with Crippen molar-refractivity contribution in [3.05, 3.63) is 0 Å². The molecule has 0 aromatic heterocycles. The summed E-state index contributed by atoms with van der Waals surface area (Å²) in [6.45, 7) is 8.60. The number of carbonyl (C=O) groups excluding carboxylic acids is 1. The fraction of sp³-hybridized carbons (Fsp3) is 0.818. The summed E-state index contributed by atoms with van der Waals surface area (Å²) in [5, 5.41) is 7.42. The molecule has 0 heterocycles. The molecule has 0 aromatic rings. The second-order valence-corrected chi connectivity index (χ2v) is 3.13. The fourth-order valence-corrected chi connectivity index (χ4v) is 0.500. The van der Waals surface area contributed by atoms with Gasteiger partial charge in [-0.05, 0) is 13.8 Å². The lowest BCUT2D eigenvalue weighted by atomic mass is 10.2. The Kier molecular flexibility index (Phi) is 24.3. The minimum absolute atomic E-state index is 0.167. The van der Waals surface area contributed by atoms with Gasteiger partial charge in [-0.3, -0.25) is 4.79 Å². The molecule has 0 fully saturated rings. The predicted octanol–water partition coefficient (Wildman–Crippen LogP) is 3.27. The van der Waals surface area contributed by atoms with E-state index in [1.165, 1.54) is 39.5 Å². The van der Waals surface area contributed by atoms with Crippen LogP contribution in [0.15, 0.2) is 0 Å². The van der Waals surface area contributed by atoms with E-state index in [1.807, 2.05) is 0 Å². The van der Waals surface area contributed by atoms with Crippen LogP contribution in [-0.2, 0) is 9.59 Å². The molecule has 3 nitrogen and oxygen atoms in total. The summed E-state index contributed by atoms with van der Waals surface area (Å²) < 4.78 is 0.